The number of hydrogen-bond donors (Lipinski definition) is 2. The number of nitrogens with zero attached hydrogens (tertiary/aromatic N) is 1. The monoisotopic (exact) mass is 423 g/mol. The van der Waals surface area contributed by atoms with Gasteiger partial charge in [0.05, 0.1) is 11.4 Å². The first kappa shape index (κ1) is 20.0. The van der Waals surface area contributed by atoms with Crippen LogP contribution in [0.3, 0.4) is 0 Å². The molecule has 0 atom stereocenters. The summed E-state index contributed by atoms with van der Waals surface area (Å²) in [4.78, 5) is 26.4. The van der Waals surface area contributed by atoms with Gasteiger partial charge in [-0.15, -0.1) is 0 Å². The lowest BCUT2D eigenvalue weighted by molar-refractivity contribution is -0.111. The molecule has 1 saturated heterocycles. The number of carbonyl (C=O) groups is 2. The van der Waals surface area contributed by atoms with Crippen LogP contribution in [-0.2, 0) is 4.79 Å². The van der Waals surface area contributed by atoms with Crippen LogP contribution in [0.15, 0.2) is 54.1 Å². The van der Waals surface area contributed by atoms with Gasteiger partial charge in [-0.2, -0.15) is 0 Å². The molecule has 7 heteroatoms. The van der Waals surface area contributed by atoms with Crippen molar-refractivity contribution < 1.29 is 14.3 Å². The molecular weight excluding hydrogens is 402 g/mol. The van der Waals surface area contributed by atoms with Crippen molar-refractivity contribution in [3.8, 4) is 5.75 Å². The zero-order valence-electron chi connectivity index (χ0n) is 16.4. The molecule has 0 spiro atoms. The van der Waals surface area contributed by atoms with E-state index in [2.05, 4.69) is 10.2 Å². The van der Waals surface area contributed by atoms with E-state index >= 15 is 0 Å². The Morgan fingerprint density at radius 3 is 2.70 bits per heavy atom. The molecule has 0 aliphatic carbocycles. The molecule has 2 amide bonds. The Balaban J connectivity index is 1.52. The van der Waals surface area contributed by atoms with Crippen LogP contribution in [-0.4, -0.2) is 31.5 Å². The average molecular weight is 424 g/mol. The van der Waals surface area contributed by atoms with Crippen LogP contribution in [0.4, 0.5) is 11.4 Å². The summed E-state index contributed by atoms with van der Waals surface area (Å²) < 4.78 is 5.70. The molecule has 0 saturated carbocycles. The fourth-order valence-electron chi connectivity index (χ4n) is 3.64. The zero-order chi connectivity index (χ0) is 21.1. The lowest BCUT2D eigenvalue weighted by Gasteiger charge is -2.22. The van der Waals surface area contributed by atoms with E-state index in [1.165, 1.54) is 6.08 Å². The summed E-state index contributed by atoms with van der Waals surface area (Å²) in [6.45, 7) is 2.20. The Labute approximate surface area is 180 Å². The number of benzene rings is 2. The largest absolute Gasteiger partial charge is 0.488 e. The first-order valence-corrected chi connectivity index (χ1v) is 10.2. The summed E-state index contributed by atoms with van der Waals surface area (Å²) in [6.07, 6.45) is 7.31. The minimum atomic E-state index is -0.532. The molecule has 6 nitrogen and oxygen atoms in total. The highest BCUT2D eigenvalue weighted by molar-refractivity contribution is 6.30. The molecule has 0 radical (unpaired) electrons. The van der Waals surface area contributed by atoms with Crippen molar-refractivity contribution in [2.45, 2.75) is 12.8 Å². The molecule has 0 bridgehead atoms. The van der Waals surface area contributed by atoms with E-state index in [1.54, 1.807) is 24.3 Å². The quantitative estimate of drug-likeness (QED) is 0.711. The molecule has 0 unspecified atom stereocenters. The van der Waals surface area contributed by atoms with Gasteiger partial charge in [0.2, 0.25) is 11.8 Å². The number of carbonyl (C=O) groups excluding carboxylic acids is 2. The zero-order valence-corrected chi connectivity index (χ0v) is 17.1. The minimum absolute atomic E-state index is 0.296. The van der Waals surface area contributed by atoms with Crippen molar-refractivity contribution in [2.75, 3.05) is 29.9 Å². The maximum Gasteiger partial charge on any atom is 0.248 e. The van der Waals surface area contributed by atoms with Crippen LogP contribution in [0.1, 0.15) is 28.8 Å². The van der Waals surface area contributed by atoms with E-state index in [1.807, 2.05) is 24.3 Å². The van der Waals surface area contributed by atoms with E-state index in [-0.39, 0.29) is 5.91 Å². The van der Waals surface area contributed by atoms with Gasteiger partial charge in [-0.05, 0) is 60.9 Å². The summed E-state index contributed by atoms with van der Waals surface area (Å²) in [7, 11) is 0. The van der Waals surface area contributed by atoms with Gasteiger partial charge in [0.1, 0.15) is 12.4 Å². The van der Waals surface area contributed by atoms with Crippen molar-refractivity contribution in [3.05, 3.63) is 70.3 Å². The Morgan fingerprint density at radius 1 is 1.13 bits per heavy atom. The number of nitrogens with two attached hydrogens (primary N) is 1. The van der Waals surface area contributed by atoms with Gasteiger partial charge in [-0.1, -0.05) is 17.7 Å². The maximum atomic E-state index is 12.6. The third kappa shape index (κ3) is 4.49. The molecule has 4 rings (SSSR count). The van der Waals surface area contributed by atoms with E-state index in [0.29, 0.717) is 22.9 Å². The number of anilines is 2. The van der Waals surface area contributed by atoms with E-state index < -0.39 is 5.91 Å². The lowest BCUT2D eigenvalue weighted by Crippen LogP contribution is -2.21. The Hall–Kier alpha value is -3.25. The Morgan fingerprint density at radius 2 is 1.93 bits per heavy atom. The third-order valence-electron chi connectivity index (χ3n) is 5.14. The van der Waals surface area contributed by atoms with E-state index in [0.717, 1.165) is 48.5 Å². The van der Waals surface area contributed by atoms with Crippen LogP contribution in [0.5, 0.6) is 5.75 Å². The topological polar surface area (TPSA) is 84.7 Å². The highest BCUT2D eigenvalue weighted by Gasteiger charge is 2.18. The third-order valence-corrected chi connectivity index (χ3v) is 5.38. The first-order chi connectivity index (χ1) is 14.5. The van der Waals surface area contributed by atoms with Gasteiger partial charge in [0.25, 0.3) is 0 Å². The van der Waals surface area contributed by atoms with E-state index in [4.69, 9.17) is 22.1 Å². The van der Waals surface area contributed by atoms with Gasteiger partial charge in [-0.25, -0.2) is 0 Å². The second-order valence-electron chi connectivity index (χ2n) is 7.30. The van der Waals surface area contributed by atoms with Gasteiger partial charge >= 0.3 is 0 Å². The van der Waals surface area contributed by atoms with Crippen molar-refractivity contribution in [1.82, 2.24) is 0 Å². The van der Waals surface area contributed by atoms with Crippen LogP contribution in [0.25, 0.3) is 6.08 Å². The smallest absolute Gasteiger partial charge is 0.248 e. The van der Waals surface area contributed by atoms with Gasteiger partial charge in [-0.3, -0.25) is 9.59 Å². The number of nitrogens with one attached hydrogen (secondary N) is 1. The molecule has 2 aliphatic rings. The van der Waals surface area contributed by atoms with Gasteiger partial charge in [0.15, 0.2) is 0 Å². The predicted octanol–water partition coefficient (Wildman–Crippen LogP) is 4.01. The first-order valence-electron chi connectivity index (χ1n) is 9.80. The van der Waals surface area contributed by atoms with Gasteiger partial charge in [0, 0.05) is 35.3 Å². The molecule has 0 aromatic heterocycles. The van der Waals surface area contributed by atoms with Crippen LogP contribution in [0, 0.1) is 0 Å². The molecule has 2 aromatic carbocycles. The number of ether oxygens (including phenoxy) is 1. The summed E-state index contributed by atoms with van der Waals surface area (Å²) in [5.41, 5.74) is 8.96. The predicted molar refractivity (Wildman–Crippen MR) is 119 cm³/mol. The second kappa shape index (κ2) is 8.63. The standard InChI is InChI=1S/C23H22ClN3O3/c24-18-5-7-21-17(12-18)11-15(14-30-21)3-8-22(28)26-19-13-16(23(25)29)4-6-20(19)27-9-1-2-10-27/h3-8,11-13H,1-2,9-10,14H2,(H2,25,29)(H,26,28)/b8-3+. The lowest BCUT2D eigenvalue weighted by atomic mass is 10.1. The van der Waals surface area contributed by atoms with Crippen LogP contribution < -0.4 is 20.7 Å². The van der Waals surface area contributed by atoms with Crippen LogP contribution in [0.2, 0.25) is 5.02 Å². The average Bonchev–Trinajstić information content (AvgIpc) is 3.26. The fraction of sp³-hybridized carbons (Fsp3) is 0.217. The second-order valence-corrected chi connectivity index (χ2v) is 7.74. The van der Waals surface area contributed by atoms with Gasteiger partial charge < -0.3 is 20.7 Å². The van der Waals surface area contributed by atoms with Crippen molar-refractivity contribution in [2.24, 2.45) is 5.73 Å². The van der Waals surface area contributed by atoms with Crippen LogP contribution >= 0.6 is 11.6 Å². The summed E-state index contributed by atoms with van der Waals surface area (Å²) >= 11 is 6.04. The van der Waals surface area contributed by atoms with Crippen molar-refractivity contribution >= 4 is 40.9 Å². The molecular formula is C23H22ClN3O3. The number of hydrogen-bond acceptors (Lipinski definition) is 4. The summed E-state index contributed by atoms with van der Waals surface area (Å²) in [5, 5.41) is 3.51. The number of fused-ring (bicyclic) bond motifs is 1. The van der Waals surface area contributed by atoms with E-state index in [9.17, 15) is 9.59 Å². The number of amides is 2. The number of halogens is 1. The fourth-order valence-corrected chi connectivity index (χ4v) is 3.82. The highest BCUT2D eigenvalue weighted by Crippen LogP contribution is 2.31. The maximum absolute atomic E-state index is 12.6. The SMILES string of the molecule is NC(=O)c1ccc(N2CCCC2)c(NC(=O)/C=C/C2=Cc3cc(Cl)ccc3OC2)c1. The summed E-state index contributed by atoms with van der Waals surface area (Å²) in [5.74, 6) is -0.0646. The molecule has 1 fully saturated rings. The van der Waals surface area contributed by atoms with Crippen molar-refractivity contribution in [1.29, 1.82) is 0 Å². The Bertz CT molecular complexity index is 1060. The molecule has 2 heterocycles. The minimum Gasteiger partial charge on any atom is -0.488 e. The van der Waals surface area contributed by atoms with Crippen molar-refractivity contribution in [3.63, 3.8) is 0 Å². The normalized spacial score (nSPS) is 15.5. The summed E-state index contributed by atoms with van der Waals surface area (Å²) in [6, 6.07) is 10.6. The number of primary amides is 1. The highest BCUT2D eigenvalue weighted by atomic mass is 35.5. The molecule has 2 aromatic rings. The molecule has 30 heavy (non-hydrogen) atoms. The Kier molecular flexibility index (Phi) is 5.77. The molecule has 3 N–H and O–H groups in total. The molecule has 154 valence electrons. The molecule has 2 aliphatic heterocycles. The number of rotatable bonds is 5.